The second kappa shape index (κ2) is 3.81. The Morgan fingerprint density at radius 2 is 2.25 bits per heavy atom. The summed E-state index contributed by atoms with van der Waals surface area (Å²) in [6, 6.07) is 4.78. The van der Waals surface area contributed by atoms with Gasteiger partial charge >= 0.3 is 0 Å². The van der Waals surface area contributed by atoms with Gasteiger partial charge in [-0.1, -0.05) is 17.6 Å². The van der Waals surface area contributed by atoms with Gasteiger partial charge in [0.15, 0.2) is 0 Å². The highest BCUT2D eigenvalue weighted by Crippen LogP contribution is 2.06. The van der Waals surface area contributed by atoms with E-state index in [9.17, 15) is 9.30 Å². The number of rotatable bonds is 2. The fourth-order valence-electron chi connectivity index (χ4n) is 0.878. The van der Waals surface area contributed by atoms with E-state index in [1.807, 2.05) is 0 Å². The molecule has 60 valence electrons. The van der Waals surface area contributed by atoms with E-state index in [-0.39, 0.29) is 5.82 Å². The molecule has 1 aromatic rings. The monoisotopic (exact) mass is 163 g/mol. The van der Waals surface area contributed by atoms with Crippen molar-refractivity contribution in [1.29, 1.82) is 0 Å². The third-order valence-electron chi connectivity index (χ3n) is 1.47. The molecule has 0 fully saturated rings. The Balaban J connectivity index is 3.01. The highest BCUT2D eigenvalue weighted by atomic mass is 19.1. The summed E-state index contributed by atoms with van der Waals surface area (Å²) in [5.41, 5.74) is 1.23. The van der Waals surface area contributed by atoms with E-state index in [2.05, 4.69) is 5.18 Å². The molecular weight excluding hydrogens is 156 g/mol. The lowest BCUT2D eigenvalue weighted by atomic mass is 9.95. The third-order valence-corrected chi connectivity index (χ3v) is 1.47. The molecule has 0 unspecified atom stereocenters. The van der Waals surface area contributed by atoms with Gasteiger partial charge in [-0.15, -0.1) is 4.91 Å². The standard InChI is InChI=1S/C8H7BFNO/c9-7-2-1-6(3-4-11-12)8(10)5-7/h1-5H,9H2/b4-3+. The number of hydrogen-bond donors (Lipinski definition) is 0. The second-order valence-corrected chi connectivity index (χ2v) is 2.45. The highest BCUT2D eigenvalue weighted by molar-refractivity contribution is 6.32. The normalized spacial score (nSPS) is 10.4. The molecule has 0 N–H and O–H groups in total. The van der Waals surface area contributed by atoms with E-state index < -0.39 is 0 Å². The van der Waals surface area contributed by atoms with Gasteiger partial charge in [-0.3, -0.25) is 0 Å². The molecule has 0 aromatic heterocycles. The van der Waals surface area contributed by atoms with Crippen LogP contribution in [0.25, 0.3) is 6.08 Å². The average Bonchev–Trinajstić information content (AvgIpc) is 2.03. The summed E-state index contributed by atoms with van der Waals surface area (Å²) in [6.45, 7) is 0. The molecule has 2 nitrogen and oxygen atoms in total. The van der Waals surface area contributed by atoms with Crippen molar-refractivity contribution >= 4 is 19.4 Å². The van der Waals surface area contributed by atoms with Crippen LogP contribution in [0.5, 0.6) is 0 Å². The highest BCUT2D eigenvalue weighted by Gasteiger charge is 1.96. The molecule has 0 radical (unpaired) electrons. The van der Waals surface area contributed by atoms with Gasteiger partial charge in [0, 0.05) is 5.56 Å². The van der Waals surface area contributed by atoms with Gasteiger partial charge in [0.2, 0.25) is 0 Å². The van der Waals surface area contributed by atoms with Crippen molar-refractivity contribution in [3.63, 3.8) is 0 Å². The van der Waals surface area contributed by atoms with E-state index in [1.165, 1.54) is 12.1 Å². The predicted octanol–water partition coefficient (Wildman–Crippen LogP) is 0.821. The third kappa shape index (κ3) is 2.02. The van der Waals surface area contributed by atoms with Crippen LogP contribution in [0.1, 0.15) is 5.56 Å². The molecule has 0 saturated heterocycles. The van der Waals surface area contributed by atoms with Crippen LogP contribution in [0.2, 0.25) is 0 Å². The number of nitroso groups, excluding NO2 is 1. The lowest BCUT2D eigenvalue weighted by Crippen LogP contribution is -2.02. The van der Waals surface area contributed by atoms with Crippen molar-refractivity contribution in [2.75, 3.05) is 0 Å². The smallest absolute Gasteiger partial charge is 0.139 e. The zero-order chi connectivity index (χ0) is 8.97. The molecule has 12 heavy (non-hydrogen) atoms. The number of nitrogens with zero attached hydrogens (tertiary/aromatic N) is 1. The minimum atomic E-state index is -0.338. The van der Waals surface area contributed by atoms with Crippen LogP contribution >= 0.6 is 0 Å². The first-order valence-electron chi connectivity index (χ1n) is 3.49. The van der Waals surface area contributed by atoms with Crippen molar-refractivity contribution in [2.45, 2.75) is 0 Å². The van der Waals surface area contributed by atoms with Gasteiger partial charge in [-0.25, -0.2) is 4.39 Å². The van der Waals surface area contributed by atoms with Crippen molar-refractivity contribution in [3.8, 4) is 0 Å². The maximum atomic E-state index is 13.0. The van der Waals surface area contributed by atoms with Gasteiger partial charge in [-0.2, -0.15) is 0 Å². The molecule has 0 saturated carbocycles. The second-order valence-electron chi connectivity index (χ2n) is 2.45. The summed E-state index contributed by atoms with van der Waals surface area (Å²) >= 11 is 0. The molecule has 1 rings (SSSR count). The van der Waals surface area contributed by atoms with Gasteiger partial charge in [0.05, 0.1) is 6.20 Å². The van der Waals surface area contributed by atoms with Crippen molar-refractivity contribution < 1.29 is 4.39 Å². The van der Waals surface area contributed by atoms with Gasteiger partial charge in [0.25, 0.3) is 0 Å². The quantitative estimate of drug-likeness (QED) is 0.468. The number of benzene rings is 1. The molecule has 0 amide bonds. The Bertz CT molecular complexity index is 325. The maximum Gasteiger partial charge on any atom is 0.139 e. The van der Waals surface area contributed by atoms with Gasteiger partial charge < -0.3 is 0 Å². The fraction of sp³-hybridized carbons (Fsp3) is 0. The maximum absolute atomic E-state index is 13.0. The lowest BCUT2D eigenvalue weighted by Gasteiger charge is -1.96. The first-order chi connectivity index (χ1) is 5.74. The van der Waals surface area contributed by atoms with Crippen molar-refractivity contribution in [1.82, 2.24) is 0 Å². The van der Waals surface area contributed by atoms with Crippen LogP contribution in [0.15, 0.2) is 29.6 Å². The van der Waals surface area contributed by atoms with E-state index in [4.69, 9.17) is 0 Å². The Morgan fingerprint density at radius 3 is 2.83 bits per heavy atom. The summed E-state index contributed by atoms with van der Waals surface area (Å²) < 4.78 is 13.0. The zero-order valence-electron chi connectivity index (χ0n) is 6.62. The summed E-state index contributed by atoms with van der Waals surface area (Å²) in [6.07, 6.45) is 2.36. The summed E-state index contributed by atoms with van der Waals surface area (Å²) in [5, 5.41) is 2.50. The molecule has 0 aliphatic rings. The SMILES string of the molecule is Bc1ccc(/C=C/N=O)c(F)c1. The molecule has 1 aromatic carbocycles. The van der Waals surface area contributed by atoms with Gasteiger partial charge in [-0.05, 0) is 17.3 Å². The van der Waals surface area contributed by atoms with Crippen LogP contribution in [0, 0.1) is 10.7 Å². The van der Waals surface area contributed by atoms with E-state index in [1.54, 1.807) is 20.0 Å². The zero-order valence-corrected chi connectivity index (χ0v) is 6.62. The van der Waals surface area contributed by atoms with Crippen LogP contribution in [0.3, 0.4) is 0 Å². The van der Waals surface area contributed by atoms with E-state index in [0.29, 0.717) is 5.56 Å². The van der Waals surface area contributed by atoms with E-state index >= 15 is 0 Å². The fourth-order valence-corrected chi connectivity index (χ4v) is 0.878. The van der Waals surface area contributed by atoms with Crippen LogP contribution in [-0.2, 0) is 0 Å². The Morgan fingerprint density at radius 1 is 1.50 bits per heavy atom. The molecule has 4 heteroatoms. The molecule has 0 spiro atoms. The average molecular weight is 163 g/mol. The van der Waals surface area contributed by atoms with E-state index in [0.717, 1.165) is 11.7 Å². The van der Waals surface area contributed by atoms with Crippen LogP contribution < -0.4 is 5.46 Å². The lowest BCUT2D eigenvalue weighted by molar-refractivity contribution is 0.626. The topological polar surface area (TPSA) is 29.4 Å². The minimum absolute atomic E-state index is 0.338. The largest absolute Gasteiger partial charge is 0.206 e. The Hall–Kier alpha value is -1.45. The summed E-state index contributed by atoms with van der Waals surface area (Å²) in [7, 11) is 1.80. The molecule has 0 bridgehead atoms. The molecule has 0 atom stereocenters. The van der Waals surface area contributed by atoms with Crippen LogP contribution in [0.4, 0.5) is 4.39 Å². The van der Waals surface area contributed by atoms with Crippen molar-refractivity contribution in [3.05, 3.63) is 40.7 Å². The van der Waals surface area contributed by atoms with Crippen LogP contribution in [-0.4, -0.2) is 7.85 Å². The predicted molar refractivity (Wildman–Crippen MR) is 49.4 cm³/mol. The Kier molecular flexibility index (Phi) is 2.74. The first-order valence-corrected chi connectivity index (χ1v) is 3.49. The Labute approximate surface area is 70.5 Å². The molecule has 0 heterocycles. The van der Waals surface area contributed by atoms with Gasteiger partial charge in [0.1, 0.15) is 13.7 Å². The minimum Gasteiger partial charge on any atom is -0.206 e. The number of halogens is 1. The first kappa shape index (κ1) is 8.65. The molecule has 0 aliphatic heterocycles. The summed E-state index contributed by atoms with van der Waals surface area (Å²) in [4.78, 5) is 9.70. The molecule has 0 aliphatic carbocycles. The van der Waals surface area contributed by atoms with Crippen molar-refractivity contribution in [2.24, 2.45) is 5.18 Å². The summed E-state index contributed by atoms with van der Waals surface area (Å²) in [5.74, 6) is -0.338. The number of hydrogen-bond acceptors (Lipinski definition) is 2. The molecular formula is C8H7BFNO.